The molecule has 0 unspecified atom stereocenters. The lowest BCUT2D eigenvalue weighted by molar-refractivity contribution is 0.647. The van der Waals surface area contributed by atoms with Crippen LogP contribution in [0.4, 0.5) is 5.82 Å². The number of aryl methyl sites for hydroxylation is 2. The minimum absolute atomic E-state index is 0.146. The van der Waals surface area contributed by atoms with Crippen molar-refractivity contribution in [2.75, 3.05) is 12.3 Å². The van der Waals surface area contributed by atoms with E-state index < -0.39 is 0 Å². The van der Waals surface area contributed by atoms with E-state index in [1.165, 1.54) is 12.8 Å². The van der Waals surface area contributed by atoms with Crippen LogP contribution in [0.2, 0.25) is 0 Å². The summed E-state index contributed by atoms with van der Waals surface area (Å²) in [7, 11) is 0. The Morgan fingerprint density at radius 1 is 1.35 bits per heavy atom. The van der Waals surface area contributed by atoms with Crippen LogP contribution in [0.15, 0.2) is 10.9 Å². The lowest BCUT2D eigenvalue weighted by Gasteiger charge is -2.06. The molecule has 0 amide bonds. The van der Waals surface area contributed by atoms with Crippen molar-refractivity contribution in [2.45, 2.75) is 45.6 Å². The molecule has 5 N–H and O–H groups in total. The molecule has 6 nitrogen and oxygen atoms in total. The van der Waals surface area contributed by atoms with Crippen molar-refractivity contribution in [1.29, 1.82) is 0 Å². The average Bonchev–Trinajstić information content (AvgIpc) is 2.74. The number of unbranched alkanes of at least 4 members (excludes halogenated alkanes) is 2. The first-order chi connectivity index (χ1) is 9.67. The molecule has 0 bridgehead atoms. The molecule has 2 aromatic rings. The Morgan fingerprint density at radius 3 is 2.85 bits per heavy atom. The van der Waals surface area contributed by atoms with Crippen molar-refractivity contribution >= 4 is 16.9 Å². The van der Waals surface area contributed by atoms with Crippen LogP contribution in [0.5, 0.6) is 0 Å². The standard InChI is InChI=1S/C14H23N5O/c1-2-3-4-6-10-9-11-12(13(16)17-10)18-14(20)19(11)8-5-7-15/h9H,2-8,15H2,1H3,(H2,16,17)(H,18,20). The summed E-state index contributed by atoms with van der Waals surface area (Å²) in [5.41, 5.74) is 13.7. The molecule has 2 aromatic heterocycles. The number of aromatic amines is 1. The summed E-state index contributed by atoms with van der Waals surface area (Å²) in [6, 6.07) is 1.97. The second-order valence-corrected chi connectivity index (χ2v) is 5.07. The summed E-state index contributed by atoms with van der Waals surface area (Å²) in [6.45, 7) is 3.33. The zero-order valence-electron chi connectivity index (χ0n) is 12.0. The highest BCUT2D eigenvalue weighted by Crippen LogP contribution is 2.18. The van der Waals surface area contributed by atoms with E-state index in [0.29, 0.717) is 24.4 Å². The summed E-state index contributed by atoms with van der Waals surface area (Å²) < 4.78 is 1.70. The van der Waals surface area contributed by atoms with Gasteiger partial charge in [-0.1, -0.05) is 19.8 Å². The Bertz CT molecular complexity index is 628. The van der Waals surface area contributed by atoms with Crippen LogP contribution in [0.1, 0.15) is 38.3 Å². The van der Waals surface area contributed by atoms with Gasteiger partial charge < -0.3 is 16.5 Å². The van der Waals surface area contributed by atoms with Crippen molar-refractivity contribution in [3.05, 3.63) is 22.2 Å². The predicted molar refractivity (Wildman–Crippen MR) is 81.7 cm³/mol. The van der Waals surface area contributed by atoms with Gasteiger partial charge in [0, 0.05) is 12.2 Å². The molecule has 0 atom stereocenters. The van der Waals surface area contributed by atoms with Crippen molar-refractivity contribution in [3.8, 4) is 0 Å². The van der Waals surface area contributed by atoms with E-state index in [1.807, 2.05) is 6.07 Å². The number of pyridine rings is 1. The van der Waals surface area contributed by atoms with Crippen molar-refractivity contribution in [3.63, 3.8) is 0 Å². The highest BCUT2D eigenvalue weighted by molar-refractivity contribution is 5.85. The molecule has 110 valence electrons. The molecule has 20 heavy (non-hydrogen) atoms. The Hall–Kier alpha value is -1.82. The molecule has 2 heterocycles. The molecule has 0 saturated heterocycles. The summed E-state index contributed by atoms with van der Waals surface area (Å²) in [5, 5.41) is 0. The van der Waals surface area contributed by atoms with Gasteiger partial charge in [0.05, 0.1) is 5.52 Å². The number of fused-ring (bicyclic) bond motifs is 1. The minimum Gasteiger partial charge on any atom is -0.382 e. The first kappa shape index (κ1) is 14.6. The van der Waals surface area contributed by atoms with Crippen LogP contribution in [0.25, 0.3) is 11.0 Å². The lowest BCUT2D eigenvalue weighted by atomic mass is 10.1. The third-order valence-corrected chi connectivity index (χ3v) is 3.47. The van der Waals surface area contributed by atoms with Crippen LogP contribution >= 0.6 is 0 Å². The number of nitrogen functional groups attached to an aromatic ring is 1. The number of H-pyrrole nitrogens is 1. The number of imidazole rings is 1. The quantitative estimate of drug-likeness (QED) is 0.665. The van der Waals surface area contributed by atoms with Crippen LogP contribution in [-0.2, 0) is 13.0 Å². The van der Waals surface area contributed by atoms with E-state index in [2.05, 4.69) is 16.9 Å². The molecular formula is C14H23N5O. The predicted octanol–water partition coefficient (Wildman–Crippen LogP) is 1.39. The smallest absolute Gasteiger partial charge is 0.326 e. The highest BCUT2D eigenvalue weighted by atomic mass is 16.1. The van der Waals surface area contributed by atoms with E-state index in [0.717, 1.165) is 30.5 Å². The molecule has 0 aliphatic heterocycles. The van der Waals surface area contributed by atoms with Gasteiger partial charge in [0.25, 0.3) is 0 Å². The number of hydrogen-bond acceptors (Lipinski definition) is 4. The number of aromatic nitrogens is 3. The number of nitrogens with two attached hydrogens (primary N) is 2. The van der Waals surface area contributed by atoms with E-state index in [4.69, 9.17) is 11.5 Å². The van der Waals surface area contributed by atoms with Crippen molar-refractivity contribution in [2.24, 2.45) is 5.73 Å². The maximum Gasteiger partial charge on any atom is 0.326 e. The fraction of sp³-hybridized carbons (Fsp3) is 0.571. The third-order valence-electron chi connectivity index (χ3n) is 3.47. The van der Waals surface area contributed by atoms with Gasteiger partial charge in [-0.15, -0.1) is 0 Å². The Balaban J connectivity index is 2.37. The molecule has 0 aliphatic rings. The topological polar surface area (TPSA) is 103 Å². The van der Waals surface area contributed by atoms with Crippen molar-refractivity contribution < 1.29 is 0 Å². The molecule has 0 fully saturated rings. The molecule has 6 heteroatoms. The zero-order chi connectivity index (χ0) is 14.5. The fourth-order valence-corrected chi connectivity index (χ4v) is 2.38. The molecule has 2 rings (SSSR count). The second-order valence-electron chi connectivity index (χ2n) is 5.07. The fourth-order valence-electron chi connectivity index (χ4n) is 2.38. The molecular weight excluding hydrogens is 254 g/mol. The van der Waals surface area contributed by atoms with Crippen LogP contribution in [0, 0.1) is 0 Å². The lowest BCUT2D eigenvalue weighted by Crippen LogP contribution is -2.18. The van der Waals surface area contributed by atoms with Crippen molar-refractivity contribution in [1.82, 2.24) is 14.5 Å². The van der Waals surface area contributed by atoms with Gasteiger partial charge >= 0.3 is 5.69 Å². The SMILES string of the molecule is CCCCCc1cc2c([nH]c(=O)n2CCCN)c(N)n1. The largest absolute Gasteiger partial charge is 0.382 e. The number of hydrogen-bond donors (Lipinski definition) is 3. The maximum absolute atomic E-state index is 12.0. The Morgan fingerprint density at radius 2 is 2.15 bits per heavy atom. The summed E-state index contributed by atoms with van der Waals surface area (Å²) in [5.74, 6) is 0.401. The summed E-state index contributed by atoms with van der Waals surface area (Å²) in [6.07, 6.45) is 5.09. The van der Waals surface area contributed by atoms with Gasteiger partial charge in [-0.05, 0) is 31.9 Å². The molecule has 0 aliphatic carbocycles. The normalized spacial score (nSPS) is 11.3. The van der Waals surface area contributed by atoms with E-state index >= 15 is 0 Å². The van der Waals surface area contributed by atoms with Crippen LogP contribution in [0.3, 0.4) is 0 Å². The van der Waals surface area contributed by atoms with E-state index in [1.54, 1.807) is 4.57 Å². The maximum atomic E-state index is 12.0. The van der Waals surface area contributed by atoms with Gasteiger partial charge in [-0.3, -0.25) is 4.57 Å². The van der Waals surface area contributed by atoms with Crippen LogP contribution in [-0.4, -0.2) is 21.1 Å². The first-order valence-corrected chi connectivity index (χ1v) is 7.25. The zero-order valence-corrected chi connectivity index (χ0v) is 12.0. The second kappa shape index (κ2) is 6.56. The molecule has 0 aromatic carbocycles. The molecule has 0 saturated carbocycles. The Labute approximate surface area is 118 Å². The summed E-state index contributed by atoms with van der Waals surface area (Å²) >= 11 is 0. The molecule has 0 radical (unpaired) electrons. The number of rotatable bonds is 7. The summed E-state index contributed by atoms with van der Waals surface area (Å²) in [4.78, 5) is 19.1. The van der Waals surface area contributed by atoms with Gasteiger partial charge in [0.2, 0.25) is 0 Å². The van der Waals surface area contributed by atoms with Crippen LogP contribution < -0.4 is 17.2 Å². The highest BCUT2D eigenvalue weighted by Gasteiger charge is 2.11. The Kier molecular flexibility index (Phi) is 4.79. The van der Waals surface area contributed by atoms with Gasteiger partial charge in [0.1, 0.15) is 11.3 Å². The minimum atomic E-state index is -0.146. The third kappa shape index (κ3) is 3.01. The van der Waals surface area contributed by atoms with Gasteiger partial charge in [0.15, 0.2) is 0 Å². The van der Waals surface area contributed by atoms with Gasteiger partial charge in [-0.2, -0.15) is 0 Å². The van der Waals surface area contributed by atoms with E-state index in [-0.39, 0.29) is 5.69 Å². The molecule has 0 spiro atoms. The first-order valence-electron chi connectivity index (χ1n) is 7.25. The number of anilines is 1. The number of nitrogens with zero attached hydrogens (tertiary/aromatic N) is 2. The number of nitrogens with one attached hydrogen (secondary N) is 1. The average molecular weight is 277 g/mol. The monoisotopic (exact) mass is 277 g/mol. The van der Waals surface area contributed by atoms with Gasteiger partial charge in [-0.25, -0.2) is 9.78 Å². The van der Waals surface area contributed by atoms with E-state index in [9.17, 15) is 4.79 Å².